The van der Waals surface area contributed by atoms with E-state index in [4.69, 9.17) is 4.74 Å². The molecule has 0 bridgehead atoms. The van der Waals surface area contributed by atoms with Crippen molar-refractivity contribution in [1.29, 1.82) is 0 Å². The third-order valence-electron chi connectivity index (χ3n) is 17.3. The van der Waals surface area contributed by atoms with Crippen LogP contribution in [0, 0.1) is 0 Å². The average molecular weight is 1110 g/mol. The van der Waals surface area contributed by atoms with E-state index < -0.39 is 12.1 Å². The third kappa shape index (κ3) is 65.6. The molecule has 0 aromatic heterocycles. The number of rotatable bonds is 69. The fraction of sp³-hybridized carbons (Fsp3) is 0.945. The maximum atomic E-state index is 12.5. The van der Waals surface area contributed by atoms with Crippen LogP contribution in [0.5, 0.6) is 0 Å². The van der Waals surface area contributed by atoms with E-state index in [0.717, 1.165) is 44.9 Å². The van der Waals surface area contributed by atoms with Crippen LogP contribution in [0.4, 0.5) is 0 Å². The lowest BCUT2D eigenvalue weighted by atomic mass is 10.0. The van der Waals surface area contributed by atoms with Crippen molar-refractivity contribution in [3.63, 3.8) is 0 Å². The number of unbranched alkanes of at least 4 members (excludes halogenated alkanes) is 56. The predicted molar refractivity (Wildman–Crippen MR) is 347 cm³/mol. The minimum absolute atomic E-state index is 0.0119. The molecule has 2 atom stereocenters. The zero-order chi connectivity index (χ0) is 57.1. The number of carbonyl (C=O) groups is 2. The molecule has 0 aliphatic heterocycles. The summed E-state index contributed by atoms with van der Waals surface area (Å²) >= 11 is 0. The first kappa shape index (κ1) is 77.6. The van der Waals surface area contributed by atoms with Gasteiger partial charge in [-0.1, -0.05) is 366 Å². The van der Waals surface area contributed by atoms with Gasteiger partial charge in [0.05, 0.1) is 25.4 Å². The molecule has 0 radical (unpaired) electrons. The van der Waals surface area contributed by atoms with E-state index in [-0.39, 0.29) is 18.5 Å². The van der Waals surface area contributed by atoms with E-state index in [1.807, 2.05) is 0 Å². The SMILES string of the molecule is CCCCC/C=C\CCCCCCCC(=O)OCCCCCCCCCCCCCCCCCCCCCCCCCCCCCCCCCCC(=O)NC(CO)C(O)CCCCCCCCCCCCCCCCCCCC. The summed E-state index contributed by atoms with van der Waals surface area (Å²) in [7, 11) is 0. The Labute approximate surface area is 495 Å². The first-order valence-corrected chi connectivity index (χ1v) is 36.4. The second kappa shape index (κ2) is 69.1. The Balaban J connectivity index is 3.32. The van der Waals surface area contributed by atoms with E-state index in [9.17, 15) is 19.8 Å². The molecule has 2 unspecified atom stereocenters. The van der Waals surface area contributed by atoms with Gasteiger partial charge in [-0.3, -0.25) is 9.59 Å². The molecule has 0 heterocycles. The lowest BCUT2D eigenvalue weighted by Gasteiger charge is -2.22. The molecule has 0 saturated carbocycles. The minimum atomic E-state index is -0.661. The van der Waals surface area contributed by atoms with Gasteiger partial charge >= 0.3 is 5.97 Å². The maximum absolute atomic E-state index is 12.5. The molecule has 0 aromatic rings. The maximum Gasteiger partial charge on any atom is 0.305 e. The summed E-state index contributed by atoms with van der Waals surface area (Å²) in [5, 5.41) is 23.4. The number of amides is 1. The summed E-state index contributed by atoms with van der Waals surface area (Å²) in [4.78, 5) is 24.6. The second-order valence-corrected chi connectivity index (χ2v) is 25.3. The molecule has 0 aliphatic carbocycles. The normalized spacial score (nSPS) is 12.5. The number of aliphatic hydroxyl groups is 2. The van der Waals surface area contributed by atoms with Gasteiger partial charge < -0.3 is 20.3 Å². The van der Waals surface area contributed by atoms with E-state index in [1.54, 1.807) is 0 Å². The largest absolute Gasteiger partial charge is 0.466 e. The van der Waals surface area contributed by atoms with Gasteiger partial charge in [-0.15, -0.1) is 0 Å². The van der Waals surface area contributed by atoms with Gasteiger partial charge in [0.25, 0.3) is 0 Å². The Morgan fingerprint density at radius 2 is 0.595 bits per heavy atom. The van der Waals surface area contributed by atoms with Crippen molar-refractivity contribution in [3.8, 4) is 0 Å². The van der Waals surface area contributed by atoms with E-state index >= 15 is 0 Å². The highest BCUT2D eigenvalue weighted by molar-refractivity contribution is 5.76. The van der Waals surface area contributed by atoms with Crippen molar-refractivity contribution in [3.05, 3.63) is 12.2 Å². The van der Waals surface area contributed by atoms with Crippen LogP contribution in [0.2, 0.25) is 0 Å². The van der Waals surface area contributed by atoms with Crippen LogP contribution in [0.3, 0.4) is 0 Å². The number of ether oxygens (including phenoxy) is 1. The summed E-state index contributed by atoms with van der Waals surface area (Å²) in [6.45, 7) is 4.97. The smallest absolute Gasteiger partial charge is 0.305 e. The molecule has 0 spiro atoms. The monoisotopic (exact) mass is 1110 g/mol. The number of esters is 1. The van der Waals surface area contributed by atoms with Crippen LogP contribution in [0.25, 0.3) is 0 Å². The van der Waals surface area contributed by atoms with Crippen LogP contribution in [0.1, 0.15) is 418 Å². The number of hydrogen-bond acceptors (Lipinski definition) is 5. The molecule has 0 fully saturated rings. The van der Waals surface area contributed by atoms with Gasteiger partial charge in [-0.25, -0.2) is 0 Å². The first-order valence-electron chi connectivity index (χ1n) is 36.4. The van der Waals surface area contributed by atoms with Crippen molar-refractivity contribution in [2.45, 2.75) is 431 Å². The number of hydrogen-bond donors (Lipinski definition) is 3. The zero-order valence-corrected chi connectivity index (χ0v) is 53.9. The molecule has 0 aromatic carbocycles. The molecule has 6 nitrogen and oxygen atoms in total. The molecular weight excluding hydrogens is 971 g/mol. The Hall–Kier alpha value is -1.40. The lowest BCUT2D eigenvalue weighted by molar-refractivity contribution is -0.143. The van der Waals surface area contributed by atoms with E-state index in [2.05, 4.69) is 31.3 Å². The van der Waals surface area contributed by atoms with Gasteiger partial charge in [0.2, 0.25) is 5.91 Å². The van der Waals surface area contributed by atoms with E-state index in [0.29, 0.717) is 25.9 Å². The minimum Gasteiger partial charge on any atom is -0.466 e. The van der Waals surface area contributed by atoms with Crippen LogP contribution >= 0.6 is 0 Å². The topological polar surface area (TPSA) is 95.9 Å². The third-order valence-corrected chi connectivity index (χ3v) is 17.3. The van der Waals surface area contributed by atoms with Crippen molar-refractivity contribution in [1.82, 2.24) is 5.32 Å². The molecule has 6 heteroatoms. The molecule has 0 aliphatic rings. The van der Waals surface area contributed by atoms with Crippen LogP contribution < -0.4 is 5.32 Å². The lowest BCUT2D eigenvalue weighted by Crippen LogP contribution is -2.45. The molecule has 0 rings (SSSR count). The Morgan fingerprint density at radius 1 is 0.342 bits per heavy atom. The Bertz CT molecular complexity index is 1190. The zero-order valence-electron chi connectivity index (χ0n) is 53.9. The number of nitrogens with one attached hydrogen (secondary N) is 1. The van der Waals surface area contributed by atoms with Gasteiger partial charge in [-0.2, -0.15) is 0 Å². The van der Waals surface area contributed by atoms with Crippen molar-refractivity contribution in [2.75, 3.05) is 13.2 Å². The van der Waals surface area contributed by atoms with Gasteiger partial charge in [0.15, 0.2) is 0 Å². The van der Waals surface area contributed by atoms with Gasteiger partial charge in [-0.05, 0) is 51.4 Å². The summed E-state index contributed by atoms with van der Waals surface area (Å²) in [6.07, 6.45) is 85.6. The number of allylic oxidation sites excluding steroid dienone is 2. The highest BCUT2D eigenvalue weighted by atomic mass is 16.5. The summed E-state index contributed by atoms with van der Waals surface area (Å²) in [5.41, 5.74) is 0. The fourth-order valence-corrected chi connectivity index (χ4v) is 11.8. The molecule has 1 amide bonds. The van der Waals surface area contributed by atoms with Gasteiger partial charge in [0.1, 0.15) is 0 Å². The van der Waals surface area contributed by atoms with Crippen LogP contribution in [0.15, 0.2) is 12.2 Å². The summed E-state index contributed by atoms with van der Waals surface area (Å²) in [6, 6.07) is -0.538. The summed E-state index contributed by atoms with van der Waals surface area (Å²) < 4.78 is 5.48. The average Bonchev–Trinajstić information content (AvgIpc) is 3.45. The molecule has 3 N–H and O–H groups in total. The number of carbonyl (C=O) groups excluding carboxylic acids is 2. The highest BCUT2D eigenvalue weighted by Crippen LogP contribution is 2.20. The molecule has 470 valence electrons. The fourth-order valence-electron chi connectivity index (χ4n) is 11.8. The molecule has 79 heavy (non-hydrogen) atoms. The Kier molecular flexibility index (Phi) is 67.9. The van der Waals surface area contributed by atoms with Crippen molar-refractivity contribution >= 4 is 11.9 Å². The van der Waals surface area contributed by atoms with Crippen LogP contribution in [-0.2, 0) is 14.3 Å². The van der Waals surface area contributed by atoms with Crippen molar-refractivity contribution < 1.29 is 24.5 Å². The quantitative estimate of drug-likeness (QED) is 0.0320. The predicted octanol–water partition coefficient (Wildman–Crippen LogP) is 23.5. The van der Waals surface area contributed by atoms with Crippen molar-refractivity contribution in [2.24, 2.45) is 0 Å². The molecule has 0 saturated heterocycles. The van der Waals surface area contributed by atoms with E-state index in [1.165, 1.54) is 340 Å². The highest BCUT2D eigenvalue weighted by Gasteiger charge is 2.20. The standard InChI is InChI=1S/C73H143NO5/c1-3-5-7-9-11-13-15-17-18-19-36-39-42-45-49-53-57-61-65-71(76)70(69-75)74-72(77)66-62-58-54-50-46-43-40-37-34-32-30-28-26-24-22-20-21-23-25-27-29-31-33-35-38-41-44-48-52-56-60-64-68-79-73(78)67-63-59-55-51-47-16-14-12-10-8-6-4-2/h12,14,70-71,75-76H,3-11,13,15-69H2,1-2H3,(H,74,77)/b14-12-. The number of aliphatic hydroxyl groups excluding tert-OH is 2. The Morgan fingerprint density at radius 3 is 0.924 bits per heavy atom. The molecular formula is C73H143NO5. The van der Waals surface area contributed by atoms with Crippen LogP contribution in [-0.4, -0.2) is 47.4 Å². The second-order valence-electron chi connectivity index (χ2n) is 25.3. The summed E-state index contributed by atoms with van der Waals surface area (Å²) in [5.74, 6) is -0.0140. The van der Waals surface area contributed by atoms with Gasteiger partial charge in [0, 0.05) is 12.8 Å². The first-order chi connectivity index (χ1) is 39.0.